The number of hydrogen-bond acceptors (Lipinski definition) is 2. The Labute approximate surface area is 148 Å². The third kappa shape index (κ3) is 3.35. The molecule has 0 amide bonds. The summed E-state index contributed by atoms with van der Waals surface area (Å²) in [6.07, 6.45) is -4.73. The van der Waals surface area contributed by atoms with Gasteiger partial charge in [-0.3, -0.25) is 0 Å². The first-order valence-electron chi connectivity index (χ1n) is 8.04. The number of halogens is 3. The van der Waals surface area contributed by atoms with Crippen molar-refractivity contribution < 1.29 is 22.7 Å². The lowest BCUT2D eigenvalue weighted by molar-refractivity contribution is -0.142. The molecule has 0 fully saturated rings. The Bertz CT molecular complexity index is 900. The fraction of sp³-hybridized carbons (Fsp3) is 0.150. The second kappa shape index (κ2) is 7.07. The number of hydrogen-bond donors (Lipinski definition) is 0. The second-order valence-electron chi connectivity index (χ2n) is 5.55. The van der Waals surface area contributed by atoms with Crippen LogP contribution in [0.15, 0.2) is 66.7 Å². The van der Waals surface area contributed by atoms with Gasteiger partial charge in [-0.15, -0.1) is 0 Å². The number of esters is 1. The van der Waals surface area contributed by atoms with E-state index in [0.29, 0.717) is 11.3 Å². The van der Waals surface area contributed by atoms with Crippen molar-refractivity contribution >= 4 is 5.97 Å². The summed E-state index contributed by atoms with van der Waals surface area (Å²) < 4.78 is 47.6. The molecule has 0 saturated heterocycles. The van der Waals surface area contributed by atoms with E-state index in [1.165, 1.54) is 6.07 Å². The van der Waals surface area contributed by atoms with Crippen molar-refractivity contribution in [3.05, 3.63) is 78.0 Å². The van der Waals surface area contributed by atoms with Gasteiger partial charge in [0.05, 0.1) is 17.9 Å². The van der Waals surface area contributed by atoms with Crippen LogP contribution >= 0.6 is 0 Å². The van der Waals surface area contributed by atoms with Gasteiger partial charge in [-0.25, -0.2) is 4.79 Å². The zero-order valence-electron chi connectivity index (χ0n) is 14.0. The molecule has 0 atom stereocenters. The molecule has 1 aromatic heterocycles. The van der Waals surface area contributed by atoms with E-state index < -0.39 is 23.4 Å². The van der Waals surface area contributed by atoms with E-state index >= 15 is 0 Å². The maximum Gasteiger partial charge on any atom is 0.432 e. The van der Waals surface area contributed by atoms with Crippen molar-refractivity contribution in [2.45, 2.75) is 13.1 Å². The SMILES string of the molecule is CCOC(=O)c1cc(-c2ccccc2)n(-c2ccccc2)c1C(F)(F)F. The zero-order chi connectivity index (χ0) is 18.7. The number of benzene rings is 2. The molecule has 0 unspecified atom stereocenters. The molecule has 0 saturated carbocycles. The van der Waals surface area contributed by atoms with Gasteiger partial charge in [0.1, 0.15) is 5.69 Å². The highest BCUT2D eigenvalue weighted by Gasteiger charge is 2.41. The third-order valence-electron chi connectivity index (χ3n) is 3.85. The number of carbonyl (C=O) groups is 1. The molecule has 3 rings (SSSR count). The first kappa shape index (κ1) is 17.8. The molecule has 26 heavy (non-hydrogen) atoms. The smallest absolute Gasteiger partial charge is 0.432 e. The minimum absolute atomic E-state index is 0.00663. The number of ether oxygens (including phenoxy) is 1. The van der Waals surface area contributed by atoms with Gasteiger partial charge in [-0.2, -0.15) is 13.2 Å². The zero-order valence-corrected chi connectivity index (χ0v) is 14.0. The van der Waals surface area contributed by atoms with Crippen molar-refractivity contribution in [2.24, 2.45) is 0 Å². The average Bonchev–Trinajstić information content (AvgIpc) is 3.04. The molecule has 134 valence electrons. The Morgan fingerprint density at radius 3 is 2.12 bits per heavy atom. The summed E-state index contributed by atoms with van der Waals surface area (Å²) in [4.78, 5) is 12.2. The molecule has 0 aliphatic heterocycles. The van der Waals surface area contributed by atoms with Crippen molar-refractivity contribution in [3.8, 4) is 16.9 Å². The van der Waals surface area contributed by atoms with Crippen molar-refractivity contribution in [3.63, 3.8) is 0 Å². The van der Waals surface area contributed by atoms with Crippen LogP contribution in [-0.4, -0.2) is 17.1 Å². The van der Waals surface area contributed by atoms with Gasteiger partial charge in [0, 0.05) is 5.69 Å². The number of para-hydroxylation sites is 1. The Morgan fingerprint density at radius 2 is 1.58 bits per heavy atom. The van der Waals surface area contributed by atoms with Gasteiger partial charge < -0.3 is 9.30 Å². The fourth-order valence-electron chi connectivity index (χ4n) is 2.82. The molecule has 3 nitrogen and oxygen atoms in total. The van der Waals surface area contributed by atoms with Gasteiger partial charge in [-0.1, -0.05) is 48.5 Å². The first-order valence-corrected chi connectivity index (χ1v) is 8.04. The van der Waals surface area contributed by atoms with Crippen LogP contribution in [0.3, 0.4) is 0 Å². The standard InChI is InChI=1S/C20H16F3NO2/c1-2-26-19(25)16-13-17(14-9-5-3-6-10-14)24(18(16)20(21,22)23)15-11-7-4-8-12-15/h3-13H,2H2,1H3. The average molecular weight is 359 g/mol. The minimum Gasteiger partial charge on any atom is -0.462 e. The molecule has 0 N–H and O–H groups in total. The van der Waals surface area contributed by atoms with Gasteiger partial charge in [0.15, 0.2) is 0 Å². The molecule has 3 aromatic rings. The van der Waals surface area contributed by atoms with E-state index in [1.807, 2.05) is 0 Å². The first-order chi connectivity index (χ1) is 12.4. The topological polar surface area (TPSA) is 31.2 Å². The van der Waals surface area contributed by atoms with E-state index in [1.54, 1.807) is 67.6 Å². The van der Waals surface area contributed by atoms with Crippen LogP contribution in [0.5, 0.6) is 0 Å². The van der Waals surface area contributed by atoms with Crippen LogP contribution in [0, 0.1) is 0 Å². The molecule has 0 radical (unpaired) electrons. The summed E-state index contributed by atoms with van der Waals surface area (Å²) in [6.45, 7) is 1.55. The summed E-state index contributed by atoms with van der Waals surface area (Å²) in [5.74, 6) is -0.994. The van der Waals surface area contributed by atoms with Crippen molar-refractivity contribution in [1.29, 1.82) is 0 Å². The summed E-state index contributed by atoms with van der Waals surface area (Å²) in [5, 5.41) is 0. The Balaban J connectivity index is 2.36. The molecule has 1 heterocycles. The normalized spacial score (nSPS) is 11.4. The molecule has 2 aromatic carbocycles. The summed E-state index contributed by atoms with van der Waals surface area (Å²) in [7, 11) is 0. The van der Waals surface area contributed by atoms with Crippen LogP contribution < -0.4 is 0 Å². The lowest BCUT2D eigenvalue weighted by atomic mass is 10.1. The molecule has 0 aliphatic carbocycles. The van der Waals surface area contributed by atoms with Gasteiger partial charge in [0.2, 0.25) is 0 Å². The van der Waals surface area contributed by atoms with E-state index in [0.717, 1.165) is 4.57 Å². The number of carbonyl (C=O) groups excluding carboxylic acids is 1. The van der Waals surface area contributed by atoms with Gasteiger partial charge in [0.25, 0.3) is 0 Å². The quantitative estimate of drug-likeness (QED) is 0.589. The number of aromatic nitrogens is 1. The monoisotopic (exact) mass is 359 g/mol. The summed E-state index contributed by atoms with van der Waals surface area (Å²) >= 11 is 0. The van der Waals surface area contributed by atoms with Crippen molar-refractivity contribution in [2.75, 3.05) is 6.61 Å². The highest BCUT2D eigenvalue weighted by atomic mass is 19.4. The maximum absolute atomic E-state index is 13.9. The van der Waals surface area contributed by atoms with Crippen LogP contribution in [0.2, 0.25) is 0 Å². The Hall–Kier alpha value is -3.02. The van der Waals surface area contributed by atoms with E-state index in [9.17, 15) is 18.0 Å². The predicted octanol–water partition coefficient (Wildman–Crippen LogP) is 5.34. The fourth-order valence-corrected chi connectivity index (χ4v) is 2.82. The van der Waals surface area contributed by atoms with Crippen LogP contribution in [0.25, 0.3) is 16.9 Å². The molecular weight excluding hydrogens is 343 g/mol. The molecule has 0 spiro atoms. The van der Waals surface area contributed by atoms with Gasteiger partial charge >= 0.3 is 12.1 Å². The van der Waals surface area contributed by atoms with Crippen molar-refractivity contribution in [1.82, 2.24) is 4.57 Å². The maximum atomic E-state index is 13.9. The number of alkyl halides is 3. The van der Waals surface area contributed by atoms with E-state index in [4.69, 9.17) is 4.74 Å². The predicted molar refractivity (Wildman–Crippen MR) is 92.2 cm³/mol. The van der Waals surface area contributed by atoms with E-state index in [-0.39, 0.29) is 12.3 Å². The highest BCUT2D eigenvalue weighted by molar-refractivity contribution is 5.93. The number of nitrogens with zero attached hydrogens (tertiary/aromatic N) is 1. The Morgan fingerprint density at radius 1 is 1.00 bits per heavy atom. The molecule has 6 heteroatoms. The molecule has 0 aliphatic rings. The third-order valence-corrected chi connectivity index (χ3v) is 3.85. The lowest BCUT2D eigenvalue weighted by Gasteiger charge is -2.16. The summed E-state index contributed by atoms with van der Waals surface area (Å²) in [6, 6.07) is 18.0. The summed E-state index contributed by atoms with van der Waals surface area (Å²) in [5.41, 5.74) is -0.387. The van der Waals surface area contributed by atoms with Crippen LogP contribution in [0.1, 0.15) is 23.0 Å². The molecule has 0 bridgehead atoms. The minimum atomic E-state index is -4.73. The largest absolute Gasteiger partial charge is 0.462 e. The van der Waals surface area contributed by atoms with Crippen LogP contribution in [-0.2, 0) is 10.9 Å². The number of rotatable bonds is 4. The van der Waals surface area contributed by atoms with Gasteiger partial charge in [-0.05, 0) is 30.7 Å². The second-order valence-corrected chi connectivity index (χ2v) is 5.55. The Kier molecular flexibility index (Phi) is 4.84. The van der Waals surface area contributed by atoms with Crippen LogP contribution in [0.4, 0.5) is 13.2 Å². The highest BCUT2D eigenvalue weighted by Crippen LogP contribution is 2.39. The van der Waals surface area contributed by atoms with E-state index in [2.05, 4.69) is 0 Å². The lowest BCUT2D eigenvalue weighted by Crippen LogP contribution is -2.18. The molecular formula is C20H16F3NO2.